The lowest BCUT2D eigenvalue weighted by Crippen LogP contribution is -2.51. The Bertz CT molecular complexity index is 257. The fraction of sp³-hybridized carbons (Fsp3) is 0.923. The largest absolute Gasteiger partial charge is 0.315 e. The number of nitriles is 1. The highest BCUT2D eigenvalue weighted by Gasteiger charge is 2.41. The van der Waals surface area contributed by atoms with Crippen molar-refractivity contribution in [3.8, 4) is 6.07 Å². The van der Waals surface area contributed by atoms with E-state index in [1.54, 1.807) is 0 Å². The van der Waals surface area contributed by atoms with Gasteiger partial charge in [0.15, 0.2) is 0 Å². The Morgan fingerprint density at radius 2 is 1.94 bits per heavy atom. The van der Waals surface area contributed by atoms with Crippen molar-refractivity contribution in [2.24, 2.45) is 5.92 Å². The van der Waals surface area contributed by atoms with E-state index < -0.39 is 0 Å². The lowest BCUT2D eigenvalue weighted by Gasteiger charge is -2.39. The molecule has 0 aromatic heterocycles. The molecule has 90 valence electrons. The molecule has 1 atom stereocenters. The van der Waals surface area contributed by atoms with Gasteiger partial charge < -0.3 is 5.32 Å². The maximum absolute atomic E-state index is 9.58. The van der Waals surface area contributed by atoms with Gasteiger partial charge in [0.05, 0.1) is 6.07 Å². The van der Waals surface area contributed by atoms with Gasteiger partial charge in [-0.25, -0.2) is 0 Å². The molecule has 2 aliphatic rings. The minimum atomic E-state index is -0.220. The van der Waals surface area contributed by atoms with Gasteiger partial charge in [-0.2, -0.15) is 5.26 Å². The molecule has 2 rings (SSSR count). The van der Waals surface area contributed by atoms with Crippen LogP contribution in [0, 0.1) is 17.2 Å². The van der Waals surface area contributed by atoms with Crippen LogP contribution in [-0.2, 0) is 0 Å². The first-order valence-corrected chi connectivity index (χ1v) is 6.64. The molecule has 0 amide bonds. The van der Waals surface area contributed by atoms with Crippen LogP contribution in [-0.4, -0.2) is 36.6 Å². The number of rotatable bonds is 2. The van der Waals surface area contributed by atoms with Crippen LogP contribution in [0.2, 0.25) is 0 Å². The van der Waals surface area contributed by atoms with Gasteiger partial charge in [-0.1, -0.05) is 12.8 Å². The van der Waals surface area contributed by atoms with E-state index in [-0.39, 0.29) is 5.54 Å². The minimum absolute atomic E-state index is 0.220. The summed E-state index contributed by atoms with van der Waals surface area (Å²) in [5.74, 6) is 0.593. The Hall–Kier alpha value is -0.590. The van der Waals surface area contributed by atoms with Crippen LogP contribution >= 0.6 is 0 Å². The molecule has 0 aromatic carbocycles. The van der Waals surface area contributed by atoms with E-state index in [0.717, 1.165) is 26.2 Å². The first-order chi connectivity index (χ1) is 7.77. The van der Waals surface area contributed by atoms with E-state index in [9.17, 15) is 5.26 Å². The Morgan fingerprint density at radius 1 is 1.19 bits per heavy atom. The van der Waals surface area contributed by atoms with Crippen LogP contribution < -0.4 is 5.32 Å². The SMILES string of the molecule is CC(C#N)(C1CCCC1)N1CCCNCC1. The van der Waals surface area contributed by atoms with Crippen molar-refractivity contribution in [3.05, 3.63) is 0 Å². The molecular formula is C13H23N3. The zero-order valence-corrected chi connectivity index (χ0v) is 10.3. The van der Waals surface area contributed by atoms with E-state index in [4.69, 9.17) is 0 Å². The maximum Gasteiger partial charge on any atom is 0.109 e. The molecule has 1 unspecified atom stereocenters. The smallest absolute Gasteiger partial charge is 0.109 e. The molecule has 0 aromatic rings. The zero-order valence-electron chi connectivity index (χ0n) is 10.3. The van der Waals surface area contributed by atoms with E-state index in [1.807, 2.05) is 0 Å². The molecule has 16 heavy (non-hydrogen) atoms. The van der Waals surface area contributed by atoms with E-state index >= 15 is 0 Å². The number of nitrogens with one attached hydrogen (secondary N) is 1. The molecule has 3 heteroatoms. The third kappa shape index (κ3) is 2.23. The summed E-state index contributed by atoms with van der Waals surface area (Å²) in [5.41, 5.74) is -0.220. The van der Waals surface area contributed by atoms with Gasteiger partial charge in [-0.05, 0) is 38.6 Å². The van der Waals surface area contributed by atoms with Crippen LogP contribution in [0.25, 0.3) is 0 Å². The fourth-order valence-electron chi connectivity index (χ4n) is 3.22. The summed E-state index contributed by atoms with van der Waals surface area (Å²) in [6.07, 6.45) is 6.29. The van der Waals surface area contributed by atoms with Gasteiger partial charge in [0, 0.05) is 19.6 Å². The molecule has 2 fully saturated rings. The highest BCUT2D eigenvalue weighted by molar-refractivity contribution is 5.10. The summed E-state index contributed by atoms with van der Waals surface area (Å²) >= 11 is 0. The molecule has 3 nitrogen and oxygen atoms in total. The fourth-order valence-corrected chi connectivity index (χ4v) is 3.22. The van der Waals surface area contributed by atoms with Gasteiger partial charge in [0.2, 0.25) is 0 Å². The van der Waals surface area contributed by atoms with Crippen molar-refractivity contribution in [2.75, 3.05) is 26.2 Å². The second kappa shape index (κ2) is 5.16. The third-order valence-corrected chi connectivity index (χ3v) is 4.37. The summed E-state index contributed by atoms with van der Waals surface area (Å²) in [5, 5.41) is 13.0. The molecular weight excluding hydrogens is 198 g/mol. The van der Waals surface area contributed by atoms with E-state index in [2.05, 4.69) is 23.2 Å². The van der Waals surface area contributed by atoms with Gasteiger partial charge in [-0.15, -0.1) is 0 Å². The topological polar surface area (TPSA) is 39.1 Å². The monoisotopic (exact) mass is 221 g/mol. The normalized spacial score (nSPS) is 28.2. The van der Waals surface area contributed by atoms with Gasteiger partial charge in [0.1, 0.15) is 5.54 Å². The summed E-state index contributed by atoms with van der Waals surface area (Å²) in [6, 6.07) is 2.62. The van der Waals surface area contributed by atoms with Gasteiger partial charge in [0.25, 0.3) is 0 Å². The maximum atomic E-state index is 9.58. The highest BCUT2D eigenvalue weighted by Crippen LogP contribution is 2.37. The minimum Gasteiger partial charge on any atom is -0.315 e. The third-order valence-electron chi connectivity index (χ3n) is 4.37. The number of hydrogen-bond acceptors (Lipinski definition) is 3. The van der Waals surface area contributed by atoms with Crippen LogP contribution in [0.4, 0.5) is 0 Å². The summed E-state index contributed by atoms with van der Waals surface area (Å²) in [7, 11) is 0. The molecule has 0 radical (unpaired) electrons. The average molecular weight is 221 g/mol. The number of hydrogen-bond donors (Lipinski definition) is 1. The van der Waals surface area contributed by atoms with Crippen molar-refractivity contribution < 1.29 is 0 Å². The Kier molecular flexibility index (Phi) is 3.83. The van der Waals surface area contributed by atoms with Crippen LogP contribution in [0.5, 0.6) is 0 Å². The molecule has 1 aliphatic carbocycles. The van der Waals surface area contributed by atoms with E-state index in [0.29, 0.717) is 5.92 Å². The summed E-state index contributed by atoms with van der Waals surface area (Å²) < 4.78 is 0. The summed E-state index contributed by atoms with van der Waals surface area (Å²) in [6.45, 7) is 6.40. The lowest BCUT2D eigenvalue weighted by atomic mass is 9.83. The Labute approximate surface area is 98.8 Å². The van der Waals surface area contributed by atoms with Gasteiger partial charge >= 0.3 is 0 Å². The van der Waals surface area contributed by atoms with Crippen LogP contribution in [0.15, 0.2) is 0 Å². The number of nitrogens with zero attached hydrogens (tertiary/aromatic N) is 2. The molecule has 1 N–H and O–H groups in total. The molecule has 1 saturated heterocycles. The zero-order chi connectivity index (χ0) is 11.4. The predicted molar refractivity (Wildman–Crippen MR) is 65.0 cm³/mol. The van der Waals surface area contributed by atoms with Crippen molar-refractivity contribution in [3.63, 3.8) is 0 Å². The Morgan fingerprint density at radius 3 is 2.62 bits per heavy atom. The average Bonchev–Trinajstić information content (AvgIpc) is 2.71. The quantitative estimate of drug-likeness (QED) is 0.772. The lowest BCUT2D eigenvalue weighted by molar-refractivity contribution is 0.104. The van der Waals surface area contributed by atoms with Gasteiger partial charge in [-0.3, -0.25) is 4.90 Å². The van der Waals surface area contributed by atoms with E-state index in [1.165, 1.54) is 32.1 Å². The highest BCUT2D eigenvalue weighted by atomic mass is 15.2. The second-order valence-corrected chi connectivity index (χ2v) is 5.33. The predicted octanol–water partition coefficient (Wildman–Crippen LogP) is 1.75. The molecule has 0 bridgehead atoms. The van der Waals surface area contributed by atoms with Crippen molar-refractivity contribution in [1.82, 2.24) is 10.2 Å². The van der Waals surface area contributed by atoms with Crippen molar-refractivity contribution in [2.45, 2.75) is 44.6 Å². The summed E-state index contributed by atoms with van der Waals surface area (Å²) in [4.78, 5) is 2.42. The molecule has 1 aliphatic heterocycles. The second-order valence-electron chi connectivity index (χ2n) is 5.33. The van der Waals surface area contributed by atoms with Crippen LogP contribution in [0.1, 0.15) is 39.0 Å². The standard InChI is InChI=1S/C13H23N3/c1-13(11-14,12-5-2-3-6-12)16-9-4-7-15-8-10-16/h12,15H,2-10H2,1H3. The van der Waals surface area contributed by atoms with Crippen molar-refractivity contribution in [1.29, 1.82) is 5.26 Å². The first kappa shape index (κ1) is 11.9. The molecule has 1 saturated carbocycles. The van der Waals surface area contributed by atoms with Crippen molar-refractivity contribution >= 4 is 0 Å². The Balaban J connectivity index is 2.09. The molecule has 0 spiro atoms. The first-order valence-electron chi connectivity index (χ1n) is 6.64. The molecule has 1 heterocycles. The van der Waals surface area contributed by atoms with Crippen LogP contribution in [0.3, 0.4) is 0 Å².